The lowest BCUT2D eigenvalue weighted by molar-refractivity contribution is -0.385. The largest absolute Gasteiger partial charge is 0.478 e. The van der Waals surface area contributed by atoms with E-state index in [-0.39, 0.29) is 21.8 Å². The van der Waals surface area contributed by atoms with Crippen molar-refractivity contribution in [1.29, 1.82) is 0 Å². The average Bonchev–Trinajstić information content (AvgIpc) is 2.48. The number of hydrogen-bond acceptors (Lipinski definition) is 5. The Kier molecular flexibility index (Phi) is 4.56. The van der Waals surface area contributed by atoms with Crippen LogP contribution in [0.5, 0.6) is 0 Å². The fraction of sp³-hybridized carbons (Fsp3) is 0.133. The second-order valence-corrected chi connectivity index (χ2v) is 6.80. The van der Waals surface area contributed by atoms with Crippen molar-refractivity contribution < 1.29 is 23.2 Å². The summed E-state index contributed by atoms with van der Waals surface area (Å²) in [6, 6.07) is 7.60. The first kappa shape index (κ1) is 17.4. The van der Waals surface area contributed by atoms with Crippen LogP contribution in [0.2, 0.25) is 0 Å². The average molecular weight is 350 g/mol. The van der Waals surface area contributed by atoms with Gasteiger partial charge in [0, 0.05) is 17.8 Å². The predicted octanol–water partition coefficient (Wildman–Crippen LogP) is 2.71. The number of rotatable bonds is 5. The standard InChI is InChI=1S/C15H14N2O6S/c1-9-3-5-11(7-13(9)15(18)19)16-24(22,23)14-8-12(17(20)21)6-4-10(14)2/h3-8,16H,1-2H3,(H,18,19). The fourth-order valence-electron chi connectivity index (χ4n) is 2.12. The normalized spacial score (nSPS) is 11.1. The smallest absolute Gasteiger partial charge is 0.336 e. The van der Waals surface area contributed by atoms with Crippen molar-refractivity contribution >= 4 is 27.4 Å². The molecule has 0 unspecified atom stereocenters. The Bertz CT molecular complexity index is 937. The SMILES string of the molecule is Cc1ccc(NS(=O)(=O)c2cc([N+](=O)[O-])ccc2C)cc1C(=O)O. The summed E-state index contributed by atoms with van der Waals surface area (Å²) < 4.78 is 27.2. The van der Waals surface area contributed by atoms with Gasteiger partial charge in [-0.05, 0) is 37.1 Å². The van der Waals surface area contributed by atoms with Crippen LogP contribution >= 0.6 is 0 Å². The van der Waals surface area contributed by atoms with Crippen molar-refractivity contribution in [3.05, 3.63) is 63.2 Å². The van der Waals surface area contributed by atoms with Gasteiger partial charge in [-0.15, -0.1) is 0 Å². The van der Waals surface area contributed by atoms with E-state index in [1.165, 1.54) is 37.3 Å². The number of sulfonamides is 1. The summed E-state index contributed by atoms with van der Waals surface area (Å²) in [5.41, 5.74) is 0.488. The molecule has 0 aromatic heterocycles. The van der Waals surface area contributed by atoms with Crippen LogP contribution in [0.1, 0.15) is 21.5 Å². The van der Waals surface area contributed by atoms with Gasteiger partial charge in [-0.3, -0.25) is 14.8 Å². The van der Waals surface area contributed by atoms with Gasteiger partial charge >= 0.3 is 5.97 Å². The molecule has 0 aliphatic carbocycles. The van der Waals surface area contributed by atoms with E-state index in [1.54, 1.807) is 6.92 Å². The molecule has 0 saturated heterocycles. The number of carboxylic acid groups (broad SMARTS) is 1. The topological polar surface area (TPSA) is 127 Å². The van der Waals surface area contributed by atoms with Crippen molar-refractivity contribution in [3.8, 4) is 0 Å². The second-order valence-electron chi connectivity index (χ2n) is 5.15. The molecule has 0 aliphatic rings. The predicted molar refractivity (Wildman–Crippen MR) is 86.8 cm³/mol. The highest BCUT2D eigenvalue weighted by molar-refractivity contribution is 7.92. The number of nitrogens with zero attached hydrogens (tertiary/aromatic N) is 1. The Morgan fingerprint density at radius 3 is 2.33 bits per heavy atom. The molecule has 9 heteroatoms. The Morgan fingerprint density at radius 1 is 1.12 bits per heavy atom. The number of nitrogens with one attached hydrogen (secondary N) is 1. The summed E-state index contributed by atoms with van der Waals surface area (Å²) in [6.45, 7) is 3.10. The molecule has 0 spiro atoms. The lowest BCUT2D eigenvalue weighted by atomic mass is 10.1. The minimum Gasteiger partial charge on any atom is -0.478 e. The molecular weight excluding hydrogens is 336 g/mol. The van der Waals surface area contributed by atoms with Crippen molar-refractivity contribution in [3.63, 3.8) is 0 Å². The van der Waals surface area contributed by atoms with Gasteiger partial charge in [-0.1, -0.05) is 12.1 Å². The minimum absolute atomic E-state index is 0.0361. The Hall–Kier alpha value is -2.94. The van der Waals surface area contributed by atoms with E-state index in [1.807, 2.05) is 0 Å². The molecule has 24 heavy (non-hydrogen) atoms. The van der Waals surface area contributed by atoms with E-state index < -0.39 is 20.9 Å². The third-order valence-electron chi connectivity index (χ3n) is 3.39. The van der Waals surface area contributed by atoms with Crippen LogP contribution in [0.3, 0.4) is 0 Å². The molecule has 2 N–H and O–H groups in total. The van der Waals surface area contributed by atoms with E-state index >= 15 is 0 Å². The molecule has 0 bridgehead atoms. The van der Waals surface area contributed by atoms with Crippen LogP contribution in [-0.4, -0.2) is 24.4 Å². The number of hydrogen-bond donors (Lipinski definition) is 2. The molecule has 0 heterocycles. The Balaban J connectivity index is 2.46. The Labute approximate surface area is 138 Å². The molecule has 2 aromatic rings. The number of carboxylic acids is 1. The third-order valence-corrected chi connectivity index (χ3v) is 4.92. The van der Waals surface area contributed by atoms with Crippen LogP contribution in [0, 0.1) is 24.0 Å². The van der Waals surface area contributed by atoms with E-state index in [4.69, 9.17) is 5.11 Å². The highest BCUT2D eigenvalue weighted by Crippen LogP contribution is 2.25. The van der Waals surface area contributed by atoms with Crippen molar-refractivity contribution in [2.75, 3.05) is 4.72 Å². The highest BCUT2D eigenvalue weighted by atomic mass is 32.2. The van der Waals surface area contributed by atoms with Crippen LogP contribution in [0.15, 0.2) is 41.3 Å². The maximum Gasteiger partial charge on any atom is 0.336 e. The van der Waals surface area contributed by atoms with Gasteiger partial charge in [0.1, 0.15) is 0 Å². The van der Waals surface area contributed by atoms with Gasteiger partial charge in [0.15, 0.2) is 0 Å². The van der Waals surface area contributed by atoms with Gasteiger partial charge < -0.3 is 5.11 Å². The number of nitro benzene ring substituents is 1. The molecule has 0 radical (unpaired) electrons. The summed E-state index contributed by atoms with van der Waals surface area (Å²) >= 11 is 0. The molecule has 0 fully saturated rings. The molecule has 8 nitrogen and oxygen atoms in total. The molecule has 0 aliphatic heterocycles. The number of benzene rings is 2. The minimum atomic E-state index is -4.10. The summed E-state index contributed by atoms with van der Waals surface area (Å²) in [5.74, 6) is -1.18. The first-order chi connectivity index (χ1) is 11.1. The Morgan fingerprint density at radius 2 is 1.75 bits per heavy atom. The number of aromatic carboxylic acids is 1. The lowest BCUT2D eigenvalue weighted by Gasteiger charge is -2.11. The van der Waals surface area contributed by atoms with Gasteiger partial charge in [0.2, 0.25) is 0 Å². The van der Waals surface area contributed by atoms with Gasteiger partial charge in [0.05, 0.1) is 15.4 Å². The molecule has 2 rings (SSSR count). The number of aryl methyl sites for hydroxylation is 2. The van der Waals surface area contributed by atoms with Crippen LogP contribution in [-0.2, 0) is 10.0 Å². The second kappa shape index (κ2) is 6.28. The van der Waals surface area contributed by atoms with Crippen molar-refractivity contribution in [2.45, 2.75) is 18.7 Å². The summed E-state index contributed by atoms with van der Waals surface area (Å²) in [7, 11) is -4.10. The van der Waals surface area contributed by atoms with E-state index in [0.717, 1.165) is 6.07 Å². The van der Waals surface area contributed by atoms with Gasteiger partial charge in [-0.2, -0.15) is 0 Å². The number of non-ortho nitro benzene ring substituents is 1. The van der Waals surface area contributed by atoms with Crippen LogP contribution in [0.25, 0.3) is 0 Å². The molecular formula is C15H14N2O6S. The van der Waals surface area contributed by atoms with Crippen LogP contribution in [0.4, 0.5) is 11.4 Å². The first-order valence-electron chi connectivity index (χ1n) is 6.73. The highest BCUT2D eigenvalue weighted by Gasteiger charge is 2.21. The number of anilines is 1. The third kappa shape index (κ3) is 3.51. The zero-order valence-electron chi connectivity index (χ0n) is 12.8. The monoisotopic (exact) mass is 350 g/mol. The maximum atomic E-state index is 12.5. The van der Waals surface area contributed by atoms with E-state index in [0.29, 0.717) is 11.1 Å². The molecule has 0 saturated carbocycles. The fourth-order valence-corrected chi connectivity index (χ4v) is 3.43. The molecule has 0 amide bonds. The zero-order valence-corrected chi connectivity index (χ0v) is 13.6. The maximum absolute atomic E-state index is 12.5. The van der Waals surface area contributed by atoms with E-state index in [9.17, 15) is 23.3 Å². The quantitative estimate of drug-likeness (QED) is 0.630. The molecule has 2 aromatic carbocycles. The molecule has 0 atom stereocenters. The van der Waals surface area contributed by atoms with Crippen molar-refractivity contribution in [2.24, 2.45) is 0 Å². The van der Waals surface area contributed by atoms with Crippen molar-refractivity contribution in [1.82, 2.24) is 0 Å². The summed E-state index contributed by atoms with van der Waals surface area (Å²) in [4.78, 5) is 21.0. The van der Waals surface area contributed by atoms with Gasteiger partial charge in [-0.25, -0.2) is 13.2 Å². The van der Waals surface area contributed by atoms with E-state index in [2.05, 4.69) is 4.72 Å². The number of nitro groups is 1. The summed E-state index contributed by atoms with van der Waals surface area (Å²) in [5, 5.41) is 19.9. The van der Waals surface area contributed by atoms with Gasteiger partial charge in [0.25, 0.3) is 15.7 Å². The first-order valence-corrected chi connectivity index (χ1v) is 8.22. The molecule has 126 valence electrons. The zero-order chi connectivity index (χ0) is 18.1. The number of carbonyl (C=O) groups is 1. The van der Waals surface area contributed by atoms with Crippen LogP contribution < -0.4 is 4.72 Å². The lowest BCUT2D eigenvalue weighted by Crippen LogP contribution is -2.15. The summed E-state index contributed by atoms with van der Waals surface area (Å²) in [6.07, 6.45) is 0.